The molecular formula is C15H23ClO3S. The molecule has 1 rings (SSSR count). The Morgan fingerprint density at radius 3 is 2.45 bits per heavy atom. The van der Waals surface area contributed by atoms with E-state index in [-0.39, 0.29) is 11.7 Å². The van der Waals surface area contributed by atoms with Crippen molar-refractivity contribution in [2.75, 3.05) is 12.4 Å². The second kappa shape index (κ2) is 7.32. The molecule has 3 nitrogen and oxygen atoms in total. The van der Waals surface area contributed by atoms with E-state index in [9.17, 15) is 8.42 Å². The van der Waals surface area contributed by atoms with Crippen molar-refractivity contribution in [1.82, 2.24) is 0 Å². The number of aryl methyl sites for hydroxylation is 1. The lowest BCUT2D eigenvalue weighted by Gasteiger charge is -2.18. The monoisotopic (exact) mass is 318 g/mol. The molecule has 0 bridgehead atoms. The van der Waals surface area contributed by atoms with Crippen LogP contribution < -0.4 is 4.74 Å². The SMILES string of the molecule is CCC(COc1cc(C)ccc1C(C)C)CS(=O)(=O)Cl. The molecule has 0 aliphatic heterocycles. The first-order valence-corrected chi connectivity index (χ1v) is 9.36. The van der Waals surface area contributed by atoms with Crippen LogP contribution in [0.2, 0.25) is 0 Å². The Balaban J connectivity index is 2.80. The molecule has 1 aromatic rings. The van der Waals surface area contributed by atoms with Gasteiger partial charge in [0.2, 0.25) is 9.05 Å². The predicted molar refractivity (Wildman–Crippen MR) is 84.2 cm³/mol. The van der Waals surface area contributed by atoms with Gasteiger partial charge >= 0.3 is 0 Å². The number of halogens is 1. The Hall–Kier alpha value is -0.740. The summed E-state index contributed by atoms with van der Waals surface area (Å²) in [7, 11) is 1.83. The molecule has 20 heavy (non-hydrogen) atoms. The highest BCUT2D eigenvalue weighted by atomic mass is 35.7. The number of rotatable bonds is 7. The zero-order valence-corrected chi connectivity index (χ0v) is 14.1. The number of hydrogen-bond acceptors (Lipinski definition) is 3. The van der Waals surface area contributed by atoms with E-state index in [1.165, 1.54) is 0 Å². The van der Waals surface area contributed by atoms with Crippen molar-refractivity contribution in [2.24, 2.45) is 5.92 Å². The first-order chi connectivity index (χ1) is 9.23. The number of ether oxygens (including phenoxy) is 1. The van der Waals surface area contributed by atoms with E-state index in [0.717, 1.165) is 23.3 Å². The molecular weight excluding hydrogens is 296 g/mol. The largest absolute Gasteiger partial charge is 0.493 e. The van der Waals surface area contributed by atoms with Crippen molar-refractivity contribution in [3.05, 3.63) is 29.3 Å². The van der Waals surface area contributed by atoms with Crippen molar-refractivity contribution < 1.29 is 13.2 Å². The average molecular weight is 319 g/mol. The third-order valence-corrected chi connectivity index (χ3v) is 4.53. The van der Waals surface area contributed by atoms with Gasteiger partial charge in [-0.2, -0.15) is 0 Å². The second-order valence-electron chi connectivity index (χ2n) is 5.49. The molecule has 1 unspecified atom stereocenters. The summed E-state index contributed by atoms with van der Waals surface area (Å²) in [5, 5.41) is 0. The van der Waals surface area contributed by atoms with Crippen LogP contribution in [0.3, 0.4) is 0 Å². The number of hydrogen-bond donors (Lipinski definition) is 0. The van der Waals surface area contributed by atoms with Crippen LogP contribution in [0.5, 0.6) is 5.75 Å². The summed E-state index contributed by atoms with van der Waals surface area (Å²) in [6.07, 6.45) is 0.717. The second-order valence-corrected chi connectivity index (χ2v) is 8.31. The maximum atomic E-state index is 11.2. The standard InChI is InChI=1S/C15H23ClO3S/c1-5-13(10-20(16,17)18)9-19-15-8-12(4)6-7-14(15)11(2)3/h6-8,11,13H,5,9-10H2,1-4H3. The summed E-state index contributed by atoms with van der Waals surface area (Å²) >= 11 is 0. The van der Waals surface area contributed by atoms with Crippen LogP contribution in [-0.4, -0.2) is 20.8 Å². The molecule has 0 saturated carbocycles. The Labute approximate surface area is 126 Å². The third-order valence-electron chi connectivity index (χ3n) is 3.28. The average Bonchev–Trinajstić information content (AvgIpc) is 2.32. The summed E-state index contributed by atoms with van der Waals surface area (Å²) in [6, 6.07) is 6.12. The molecule has 5 heteroatoms. The highest BCUT2D eigenvalue weighted by Crippen LogP contribution is 2.28. The van der Waals surface area contributed by atoms with Crippen molar-refractivity contribution in [3.63, 3.8) is 0 Å². The minimum atomic E-state index is -3.48. The molecule has 0 heterocycles. The van der Waals surface area contributed by atoms with E-state index in [0.29, 0.717) is 12.5 Å². The van der Waals surface area contributed by atoms with Gasteiger partial charge in [-0.15, -0.1) is 0 Å². The van der Waals surface area contributed by atoms with Crippen LogP contribution in [-0.2, 0) is 9.05 Å². The zero-order valence-electron chi connectivity index (χ0n) is 12.5. The smallest absolute Gasteiger partial charge is 0.232 e. The maximum absolute atomic E-state index is 11.2. The molecule has 1 atom stereocenters. The van der Waals surface area contributed by atoms with Gasteiger partial charge in [-0.1, -0.05) is 32.9 Å². The van der Waals surface area contributed by atoms with Crippen LogP contribution in [0.1, 0.15) is 44.2 Å². The van der Waals surface area contributed by atoms with Crippen LogP contribution in [0.4, 0.5) is 0 Å². The molecule has 0 aromatic heterocycles. The van der Waals surface area contributed by atoms with Crippen LogP contribution in [0.25, 0.3) is 0 Å². The minimum absolute atomic E-state index is 0.0477. The lowest BCUT2D eigenvalue weighted by Crippen LogP contribution is -2.19. The van der Waals surface area contributed by atoms with Gasteiger partial charge in [0.15, 0.2) is 0 Å². The molecule has 0 spiro atoms. The Bertz CT molecular complexity index is 538. The molecule has 0 amide bonds. The topological polar surface area (TPSA) is 43.4 Å². The first-order valence-electron chi connectivity index (χ1n) is 6.88. The van der Waals surface area contributed by atoms with E-state index in [1.807, 2.05) is 19.9 Å². The highest BCUT2D eigenvalue weighted by molar-refractivity contribution is 8.13. The van der Waals surface area contributed by atoms with Gasteiger partial charge < -0.3 is 4.74 Å². The fraction of sp³-hybridized carbons (Fsp3) is 0.600. The van der Waals surface area contributed by atoms with Crippen molar-refractivity contribution in [3.8, 4) is 5.75 Å². The molecule has 0 saturated heterocycles. The third kappa shape index (κ3) is 5.71. The normalized spacial score (nSPS) is 13.5. The van der Waals surface area contributed by atoms with Gasteiger partial charge in [0.25, 0.3) is 0 Å². The number of benzene rings is 1. The zero-order chi connectivity index (χ0) is 15.3. The molecule has 0 radical (unpaired) electrons. The molecule has 0 aliphatic carbocycles. The maximum Gasteiger partial charge on any atom is 0.232 e. The Kier molecular flexibility index (Phi) is 6.34. The van der Waals surface area contributed by atoms with Crippen LogP contribution in [0, 0.1) is 12.8 Å². The van der Waals surface area contributed by atoms with Crippen molar-refractivity contribution >= 4 is 19.7 Å². The van der Waals surface area contributed by atoms with Gasteiger partial charge in [-0.3, -0.25) is 0 Å². The van der Waals surface area contributed by atoms with Crippen LogP contribution >= 0.6 is 10.7 Å². The fourth-order valence-corrected chi connectivity index (χ4v) is 3.45. The Morgan fingerprint density at radius 2 is 1.95 bits per heavy atom. The Morgan fingerprint density at radius 1 is 1.30 bits per heavy atom. The highest BCUT2D eigenvalue weighted by Gasteiger charge is 2.17. The molecule has 0 fully saturated rings. The van der Waals surface area contributed by atoms with Gasteiger partial charge in [0.05, 0.1) is 12.4 Å². The van der Waals surface area contributed by atoms with E-state index < -0.39 is 9.05 Å². The minimum Gasteiger partial charge on any atom is -0.493 e. The van der Waals surface area contributed by atoms with Crippen molar-refractivity contribution in [1.29, 1.82) is 0 Å². The van der Waals surface area contributed by atoms with Crippen molar-refractivity contribution in [2.45, 2.75) is 40.0 Å². The molecule has 0 N–H and O–H groups in total. The summed E-state index contributed by atoms with van der Waals surface area (Å²) in [5.74, 6) is 1.07. The quantitative estimate of drug-likeness (QED) is 0.711. The van der Waals surface area contributed by atoms with Gasteiger partial charge in [0.1, 0.15) is 5.75 Å². The fourth-order valence-electron chi connectivity index (χ4n) is 2.02. The molecule has 0 aliphatic rings. The first kappa shape index (κ1) is 17.3. The summed E-state index contributed by atoms with van der Waals surface area (Å²) in [5.41, 5.74) is 2.27. The van der Waals surface area contributed by atoms with Gasteiger partial charge in [-0.25, -0.2) is 8.42 Å². The summed E-state index contributed by atoms with van der Waals surface area (Å²) in [4.78, 5) is 0. The van der Waals surface area contributed by atoms with E-state index in [1.54, 1.807) is 0 Å². The molecule has 114 valence electrons. The van der Waals surface area contributed by atoms with Crippen LogP contribution in [0.15, 0.2) is 18.2 Å². The van der Waals surface area contributed by atoms with Gasteiger partial charge in [-0.05, 0) is 36.5 Å². The van der Waals surface area contributed by atoms with E-state index in [2.05, 4.69) is 26.0 Å². The van der Waals surface area contributed by atoms with E-state index >= 15 is 0 Å². The lowest BCUT2D eigenvalue weighted by molar-refractivity contribution is 0.255. The lowest BCUT2D eigenvalue weighted by atomic mass is 10.0. The summed E-state index contributed by atoms with van der Waals surface area (Å²) < 4.78 is 28.2. The van der Waals surface area contributed by atoms with E-state index in [4.69, 9.17) is 15.4 Å². The predicted octanol–water partition coefficient (Wildman–Crippen LogP) is 4.09. The molecule has 1 aromatic carbocycles. The van der Waals surface area contributed by atoms with Gasteiger partial charge in [0, 0.05) is 16.6 Å². The summed E-state index contributed by atoms with van der Waals surface area (Å²) in [6.45, 7) is 8.54.